The topological polar surface area (TPSA) is 85.3 Å². The summed E-state index contributed by atoms with van der Waals surface area (Å²) >= 11 is 0. The highest BCUT2D eigenvalue weighted by Gasteiger charge is 2.27. The SMILES string of the molecule is CCc1nnc(CN2CCC[C@@H](c3nnc(CN4CCOCC4)n3C)C2)o1. The van der Waals surface area contributed by atoms with Gasteiger partial charge in [-0.05, 0) is 19.4 Å². The van der Waals surface area contributed by atoms with E-state index < -0.39 is 0 Å². The van der Waals surface area contributed by atoms with E-state index in [-0.39, 0.29) is 0 Å². The number of hydrogen-bond acceptors (Lipinski definition) is 8. The van der Waals surface area contributed by atoms with Crippen LogP contribution in [0.5, 0.6) is 0 Å². The predicted molar refractivity (Wildman–Crippen MR) is 98.0 cm³/mol. The molecule has 148 valence electrons. The molecule has 0 unspecified atom stereocenters. The van der Waals surface area contributed by atoms with Crippen molar-refractivity contribution in [2.24, 2.45) is 7.05 Å². The average Bonchev–Trinajstić information content (AvgIpc) is 3.30. The quantitative estimate of drug-likeness (QED) is 0.738. The van der Waals surface area contributed by atoms with Crippen LogP contribution in [0.25, 0.3) is 0 Å². The van der Waals surface area contributed by atoms with Crippen molar-refractivity contribution in [2.75, 3.05) is 39.4 Å². The molecular formula is C18H29N7O2. The van der Waals surface area contributed by atoms with Crippen LogP contribution < -0.4 is 0 Å². The van der Waals surface area contributed by atoms with Gasteiger partial charge in [0.25, 0.3) is 0 Å². The first-order valence-corrected chi connectivity index (χ1v) is 9.94. The van der Waals surface area contributed by atoms with Crippen molar-refractivity contribution < 1.29 is 9.15 Å². The van der Waals surface area contributed by atoms with Gasteiger partial charge in [-0.15, -0.1) is 20.4 Å². The second-order valence-electron chi connectivity index (χ2n) is 7.44. The Balaban J connectivity index is 1.39. The van der Waals surface area contributed by atoms with E-state index in [1.54, 1.807) is 0 Å². The Bertz CT molecular complexity index is 738. The molecule has 2 aromatic heterocycles. The fourth-order valence-corrected chi connectivity index (χ4v) is 3.92. The van der Waals surface area contributed by atoms with Gasteiger partial charge < -0.3 is 13.7 Å². The van der Waals surface area contributed by atoms with Gasteiger partial charge in [-0.25, -0.2) is 0 Å². The second kappa shape index (κ2) is 8.45. The van der Waals surface area contributed by atoms with E-state index in [1.165, 1.54) is 0 Å². The Hall–Kier alpha value is -1.84. The Kier molecular flexibility index (Phi) is 5.80. The van der Waals surface area contributed by atoms with E-state index in [9.17, 15) is 0 Å². The minimum atomic E-state index is 0.392. The Morgan fingerprint density at radius 3 is 2.56 bits per heavy atom. The molecule has 2 aliphatic heterocycles. The Morgan fingerprint density at radius 2 is 1.78 bits per heavy atom. The van der Waals surface area contributed by atoms with Crippen LogP contribution in [0.1, 0.15) is 49.1 Å². The van der Waals surface area contributed by atoms with Gasteiger partial charge in [0.1, 0.15) is 11.6 Å². The van der Waals surface area contributed by atoms with Crippen LogP contribution >= 0.6 is 0 Å². The smallest absolute Gasteiger partial charge is 0.230 e. The molecule has 2 aromatic rings. The third-order valence-corrected chi connectivity index (χ3v) is 5.51. The Morgan fingerprint density at radius 1 is 0.963 bits per heavy atom. The summed E-state index contributed by atoms with van der Waals surface area (Å²) in [6.45, 7) is 9.11. The monoisotopic (exact) mass is 375 g/mol. The lowest BCUT2D eigenvalue weighted by Gasteiger charge is -2.31. The molecule has 4 rings (SSSR count). The minimum absolute atomic E-state index is 0.392. The molecule has 27 heavy (non-hydrogen) atoms. The zero-order valence-electron chi connectivity index (χ0n) is 16.3. The van der Waals surface area contributed by atoms with E-state index in [1.807, 2.05) is 6.92 Å². The number of piperidine rings is 1. The Labute approximate surface area is 159 Å². The van der Waals surface area contributed by atoms with Crippen molar-refractivity contribution in [3.05, 3.63) is 23.4 Å². The molecule has 4 heterocycles. The summed E-state index contributed by atoms with van der Waals surface area (Å²) in [4.78, 5) is 4.77. The van der Waals surface area contributed by atoms with Crippen LogP contribution in [0.15, 0.2) is 4.42 Å². The third kappa shape index (κ3) is 4.36. The highest BCUT2D eigenvalue weighted by Crippen LogP contribution is 2.27. The summed E-state index contributed by atoms with van der Waals surface area (Å²) in [7, 11) is 2.09. The third-order valence-electron chi connectivity index (χ3n) is 5.51. The molecule has 1 atom stereocenters. The average molecular weight is 375 g/mol. The molecule has 2 saturated heterocycles. The van der Waals surface area contributed by atoms with Crippen molar-refractivity contribution in [2.45, 2.75) is 45.2 Å². The number of rotatable bonds is 6. The number of hydrogen-bond donors (Lipinski definition) is 0. The van der Waals surface area contributed by atoms with Crippen molar-refractivity contribution in [1.29, 1.82) is 0 Å². The summed E-state index contributed by atoms with van der Waals surface area (Å²) in [6.07, 6.45) is 3.07. The molecule has 0 amide bonds. The van der Waals surface area contributed by atoms with E-state index in [0.717, 1.165) is 76.8 Å². The van der Waals surface area contributed by atoms with Gasteiger partial charge in [-0.1, -0.05) is 6.92 Å². The van der Waals surface area contributed by atoms with Crippen LogP contribution in [-0.4, -0.2) is 74.2 Å². The molecule has 0 bridgehead atoms. The second-order valence-corrected chi connectivity index (χ2v) is 7.44. The highest BCUT2D eigenvalue weighted by molar-refractivity contribution is 5.04. The zero-order chi connectivity index (χ0) is 18.6. The number of nitrogens with zero attached hydrogens (tertiary/aromatic N) is 7. The number of likely N-dealkylation sites (tertiary alicyclic amines) is 1. The fraction of sp³-hybridized carbons (Fsp3) is 0.778. The zero-order valence-corrected chi connectivity index (χ0v) is 16.3. The molecule has 2 fully saturated rings. The summed E-state index contributed by atoms with van der Waals surface area (Å²) < 4.78 is 13.3. The number of morpholine rings is 1. The van der Waals surface area contributed by atoms with Gasteiger partial charge in [0.05, 0.1) is 26.3 Å². The first kappa shape index (κ1) is 18.5. The van der Waals surface area contributed by atoms with Crippen molar-refractivity contribution in [3.63, 3.8) is 0 Å². The predicted octanol–water partition coefficient (Wildman–Crippen LogP) is 0.972. The first-order valence-electron chi connectivity index (χ1n) is 9.94. The van der Waals surface area contributed by atoms with E-state index in [2.05, 4.69) is 41.8 Å². The standard InChI is InChI=1S/C18H29N7O2/c1-3-16-20-21-17(27-16)13-25-6-4-5-14(11-25)18-22-19-15(23(18)2)12-24-7-9-26-10-8-24/h14H,3-13H2,1-2H3/t14-/m1/s1. The molecule has 2 aliphatic rings. The minimum Gasteiger partial charge on any atom is -0.424 e. The van der Waals surface area contributed by atoms with Crippen LogP contribution in [0.3, 0.4) is 0 Å². The maximum Gasteiger partial charge on any atom is 0.230 e. The van der Waals surface area contributed by atoms with E-state index in [0.29, 0.717) is 24.2 Å². The molecule has 0 aliphatic carbocycles. The molecule has 9 heteroatoms. The molecule has 0 radical (unpaired) electrons. The molecular weight excluding hydrogens is 346 g/mol. The van der Waals surface area contributed by atoms with Crippen LogP contribution in [-0.2, 0) is 31.3 Å². The lowest BCUT2D eigenvalue weighted by molar-refractivity contribution is 0.0326. The van der Waals surface area contributed by atoms with Gasteiger partial charge in [0.15, 0.2) is 0 Å². The summed E-state index contributed by atoms with van der Waals surface area (Å²) in [5.41, 5.74) is 0. The largest absolute Gasteiger partial charge is 0.424 e. The summed E-state index contributed by atoms with van der Waals surface area (Å²) in [5.74, 6) is 3.93. The number of aryl methyl sites for hydroxylation is 1. The molecule has 0 spiro atoms. The van der Waals surface area contributed by atoms with Gasteiger partial charge in [-0.2, -0.15) is 0 Å². The van der Waals surface area contributed by atoms with Gasteiger partial charge in [0, 0.05) is 39.0 Å². The van der Waals surface area contributed by atoms with Crippen LogP contribution in [0, 0.1) is 0 Å². The highest BCUT2D eigenvalue weighted by atomic mass is 16.5. The molecule has 9 nitrogen and oxygen atoms in total. The van der Waals surface area contributed by atoms with E-state index >= 15 is 0 Å². The van der Waals surface area contributed by atoms with Crippen molar-refractivity contribution in [3.8, 4) is 0 Å². The number of ether oxygens (including phenoxy) is 1. The maximum atomic E-state index is 5.68. The molecule has 0 aromatic carbocycles. The van der Waals surface area contributed by atoms with Crippen molar-refractivity contribution >= 4 is 0 Å². The summed E-state index contributed by atoms with van der Waals surface area (Å²) in [5, 5.41) is 17.2. The van der Waals surface area contributed by atoms with Crippen molar-refractivity contribution in [1.82, 2.24) is 34.8 Å². The van der Waals surface area contributed by atoms with Gasteiger partial charge >= 0.3 is 0 Å². The van der Waals surface area contributed by atoms with Gasteiger partial charge in [-0.3, -0.25) is 9.80 Å². The fourth-order valence-electron chi connectivity index (χ4n) is 3.92. The lowest BCUT2D eigenvalue weighted by atomic mass is 9.97. The molecule has 0 N–H and O–H groups in total. The van der Waals surface area contributed by atoms with Crippen LogP contribution in [0.2, 0.25) is 0 Å². The van der Waals surface area contributed by atoms with E-state index in [4.69, 9.17) is 9.15 Å². The lowest BCUT2D eigenvalue weighted by Crippen LogP contribution is -2.36. The summed E-state index contributed by atoms with van der Waals surface area (Å²) in [6, 6.07) is 0. The normalized spacial score (nSPS) is 22.4. The van der Waals surface area contributed by atoms with Crippen LogP contribution in [0.4, 0.5) is 0 Å². The number of aromatic nitrogens is 5. The van der Waals surface area contributed by atoms with Gasteiger partial charge in [0.2, 0.25) is 11.8 Å². The molecule has 0 saturated carbocycles. The first-order chi connectivity index (χ1) is 13.2. The maximum absolute atomic E-state index is 5.68.